The molecule has 0 amide bonds. The van der Waals surface area contributed by atoms with Crippen LogP contribution >= 0.6 is 0 Å². The third kappa shape index (κ3) is 2.75. The molecular weight excluding hydrogens is 194 g/mol. The van der Waals surface area contributed by atoms with E-state index in [0.29, 0.717) is 19.8 Å². The Morgan fingerprint density at radius 2 is 2.14 bits per heavy atom. The monoisotopic (exact) mass is 206 g/mol. The molecule has 14 heavy (non-hydrogen) atoms. The quantitative estimate of drug-likeness (QED) is 0.646. The smallest absolute Gasteiger partial charge is 0.377 e. The number of Topliss-reactive ketones (excluding diaryl/α,β-unsaturated/α-hetero) is 1. The zero-order chi connectivity index (χ0) is 10.8. The number of carbonyl (C=O) groups excluding carboxylic acids is 2. The molecule has 0 saturated heterocycles. The van der Waals surface area contributed by atoms with Gasteiger partial charge in [0.15, 0.2) is 11.9 Å². The van der Waals surface area contributed by atoms with Crippen molar-refractivity contribution in [1.29, 1.82) is 0 Å². The van der Waals surface area contributed by atoms with Crippen molar-refractivity contribution < 1.29 is 23.1 Å². The Balaban J connectivity index is 2.51. The number of hydrogen-bond donors (Lipinski definition) is 0. The van der Waals surface area contributed by atoms with Crippen molar-refractivity contribution in [3.63, 3.8) is 0 Å². The molecule has 0 aliphatic heterocycles. The van der Waals surface area contributed by atoms with Crippen LogP contribution in [0.5, 0.6) is 0 Å². The number of esters is 1. The fourth-order valence-electron chi connectivity index (χ4n) is 1.31. The highest BCUT2D eigenvalue weighted by atomic mass is 19.3. The van der Waals surface area contributed by atoms with Crippen LogP contribution < -0.4 is 0 Å². The van der Waals surface area contributed by atoms with Gasteiger partial charge in [0, 0.05) is 13.3 Å². The molecule has 3 nitrogen and oxygen atoms in total. The molecule has 1 aliphatic carbocycles. The molecule has 1 unspecified atom stereocenters. The van der Waals surface area contributed by atoms with Gasteiger partial charge in [0.1, 0.15) is 0 Å². The van der Waals surface area contributed by atoms with Crippen LogP contribution in [0.25, 0.3) is 0 Å². The summed E-state index contributed by atoms with van der Waals surface area (Å²) in [5.74, 6) is -5.39. The van der Waals surface area contributed by atoms with Gasteiger partial charge in [-0.3, -0.25) is 4.79 Å². The first-order valence-electron chi connectivity index (χ1n) is 4.53. The Hall–Kier alpha value is -1.00. The molecule has 0 bridgehead atoms. The average Bonchev–Trinajstić information content (AvgIpc) is 2.07. The van der Waals surface area contributed by atoms with E-state index in [1.54, 1.807) is 0 Å². The Morgan fingerprint density at radius 3 is 2.64 bits per heavy atom. The Labute approximate surface area is 80.4 Å². The molecule has 1 atom stereocenters. The Bertz CT molecular complexity index is 245. The Kier molecular flexibility index (Phi) is 3.18. The topological polar surface area (TPSA) is 43.4 Å². The van der Waals surface area contributed by atoms with E-state index in [4.69, 9.17) is 0 Å². The molecular formula is C9H12F2O3. The normalized spacial score (nSPS) is 23.4. The van der Waals surface area contributed by atoms with Crippen LogP contribution in [0, 0.1) is 0 Å². The van der Waals surface area contributed by atoms with Gasteiger partial charge in [-0.1, -0.05) is 0 Å². The maximum Gasteiger partial charge on any atom is 0.377 e. The molecule has 0 aromatic rings. The van der Waals surface area contributed by atoms with Crippen LogP contribution in [-0.2, 0) is 14.3 Å². The van der Waals surface area contributed by atoms with E-state index in [1.807, 2.05) is 0 Å². The SMILES string of the molecule is CC(F)(F)C(=O)OC1CCCCC1=O. The first-order chi connectivity index (χ1) is 6.41. The number of alkyl halides is 2. The maximum absolute atomic E-state index is 12.4. The second kappa shape index (κ2) is 4.02. The number of halogens is 2. The van der Waals surface area contributed by atoms with Crippen molar-refractivity contribution in [2.75, 3.05) is 0 Å². The van der Waals surface area contributed by atoms with Crippen molar-refractivity contribution in [2.45, 2.75) is 44.6 Å². The van der Waals surface area contributed by atoms with Crippen LogP contribution in [0.1, 0.15) is 32.6 Å². The van der Waals surface area contributed by atoms with Crippen molar-refractivity contribution in [3.05, 3.63) is 0 Å². The van der Waals surface area contributed by atoms with Crippen LogP contribution in [0.2, 0.25) is 0 Å². The van der Waals surface area contributed by atoms with Crippen molar-refractivity contribution in [2.24, 2.45) is 0 Å². The molecule has 0 N–H and O–H groups in total. The molecule has 0 spiro atoms. The minimum atomic E-state index is -3.52. The van der Waals surface area contributed by atoms with E-state index < -0.39 is 18.0 Å². The van der Waals surface area contributed by atoms with E-state index in [0.717, 1.165) is 12.8 Å². The second-order valence-corrected chi connectivity index (χ2v) is 3.49. The van der Waals surface area contributed by atoms with E-state index in [9.17, 15) is 18.4 Å². The van der Waals surface area contributed by atoms with Crippen molar-refractivity contribution in [3.8, 4) is 0 Å². The van der Waals surface area contributed by atoms with Gasteiger partial charge in [-0.15, -0.1) is 0 Å². The minimum Gasteiger partial charge on any atom is -0.450 e. The summed E-state index contributed by atoms with van der Waals surface area (Å²) in [6.07, 6.45) is 1.20. The van der Waals surface area contributed by atoms with Crippen molar-refractivity contribution >= 4 is 11.8 Å². The van der Waals surface area contributed by atoms with E-state index in [2.05, 4.69) is 4.74 Å². The van der Waals surface area contributed by atoms with Crippen molar-refractivity contribution in [1.82, 2.24) is 0 Å². The fraction of sp³-hybridized carbons (Fsp3) is 0.778. The number of hydrogen-bond acceptors (Lipinski definition) is 3. The highest BCUT2D eigenvalue weighted by molar-refractivity contribution is 5.87. The summed E-state index contributed by atoms with van der Waals surface area (Å²) in [4.78, 5) is 21.9. The molecule has 1 fully saturated rings. The first kappa shape index (κ1) is 11.1. The van der Waals surface area contributed by atoms with Gasteiger partial charge in [-0.05, 0) is 19.3 Å². The molecule has 0 heterocycles. The summed E-state index contributed by atoms with van der Waals surface area (Å²) in [5.41, 5.74) is 0. The third-order valence-electron chi connectivity index (χ3n) is 2.11. The molecule has 0 aromatic heterocycles. The van der Waals surface area contributed by atoms with Gasteiger partial charge >= 0.3 is 11.9 Å². The van der Waals surface area contributed by atoms with Crippen LogP contribution in [-0.4, -0.2) is 23.8 Å². The van der Waals surface area contributed by atoms with Gasteiger partial charge < -0.3 is 4.74 Å². The summed E-state index contributed by atoms with van der Waals surface area (Å²) in [7, 11) is 0. The Morgan fingerprint density at radius 1 is 1.50 bits per heavy atom. The number of rotatable bonds is 2. The number of carbonyl (C=O) groups is 2. The van der Waals surface area contributed by atoms with Gasteiger partial charge in [-0.2, -0.15) is 8.78 Å². The average molecular weight is 206 g/mol. The zero-order valence-electron chi connectivity index (χ0n) is 7.89. The minimum absolute atomic E-state index is 0.256. The lowest BCUT2D eigenvalue weighted by atomic mass is 9.96. The largest absolute Gasteiger partial charge is 0.450 e. The molecule has 1 rings (SSSR count). The van der Waals surface area contributed by atoms with Crippen LogP contribution in [0.3, 0.4) is 0 Å². The lowest BCUT2D eigenvalue weighted by molar-refractivity contribution is -0.178. The van der Waals surface area contributed by atoms with Gasteiger partial charge in [-0.25, -0.2) is 4.79 Å². The molecule has 1 saturated carbocycles. The molecule has 1 aliphatic rings. The fourth-order valence-corrected chi connectivity index (χ4v) is 1.31. The first-order valence-corrected chi connectivity index (χ1v) is 4.53. The summed E-state index contributed by atoms with van der Waals surface area (Å²) >= 11 is 0. The van der Waals surface area contributed by atoms with Gasteiger partial charge in [0.25, 0.3) is 0 Å². The van der Waals surface area contributed by atoms with Crippen LogP contribution in [0.4, 0.5) is 8.78 Å². The molecule has 0 radical (unpaired) electrons. The highest BCUT2D eigenvalue weighted by Gasteiger charge is 2.38. The molecule has 0 aromatic carbocycles. The van der Waals surface area contributed by atoms with Gasteiger partial charge in [0.05, 0.1) is 0 Å². The maximum atomic E-state index is 12.4. The summed E-state index contributed by atoms with van der Waals surface area (Å²) in [6.45, 7) is 0.461. The molecule has 80 valence electrons. The summed E-state index contributed by atoms with van der Waals surface area (Å²) < 4.78 is 29.3. The summed E-state index contributed by atoms with van der Waals surface area (Å²) in [6, 6.07) is 0. The lowest BCUT2D eigenvalue weighted by Gasteiger charge is -2.22. The predicted octanol–water partition coefficient (Wildman–Crippen LogP) is 1.70. The lowest BCUT2D eigenvalue weighted by Crippen LogP contribution is -2.36. The van der Waals surface area contributed by atoms with Gasteiger partial charge in [0.2, 0.25) is 0 Å². The van der Waals surface area contributed by atoms with Crippen LogP contribution in [0.15, 0.2) is 0 Å². The molecule has 5 heteroatoms. The van der Waals surface area contributed by atoms with E-state index in [-0.39, 0.29) is 5.78 Å². The van der Waals surface area contributed by atoms with E-state index in [1.165, 1.54) is 0 Å². The second-order valence-electron chi connectivity index (χ2n) is 3.49. The number of ether oxygens (including phenoxy) is 1. The van der Waals surface area contributed by atoms with E-state index >= 15 is 0 Å². The zero-order valence-corrected chi connectivity index (χ0v) is 7.89. The highest BCUT2D eigenvalue weighted by Crippen LogP contribution is 2.21. The predicted molar refractivity (Wildman–Crippen MR) is 44.0 cm³/mol. The third-order valence-corrected chi connectivity index (χ3v) is 2.11. The standard InChI is InChI=1S/C9H12F2O3/c1-9(10,11)8(13)14-7-5-3-2-4-6(7)12/h7H,2-5H2,1H3. The summed E-state index contributed by atoms with van der Waals surface area (Å²) in [5, 5.41) is 0. The number of ketones is 1.